The van der Waals surface area contributed by atoms with Gasteiger partial charge < -0.3 is 15.7 Å². The molecule has 26 heavy (non-hydrogen) atoms. The first-order valence-corrected chi connectivity index (χ1v) is 9.18. The first-order chi connectivity index (χ1) is 12.8. The van der Waals surface area contributed by atoms with Crippen LogP contribution in [-0.2, 0) is 6.54 Å². The number of aromatic nitrogens is 3. The Morgan fingerprint density at radius 1 is 0.962 bits per heavy atom. The number of aliphatic hydroxyl groups excluding tert-OH is 1. The molecule has 0 aliphatic rings. The van der Waals surface area contributed by atoms with Crippen LogP contribution in [0.25, 0.3) is 11.4 Å². The lowest BCUT2D eigenvalue weighted by Crippen LogP contribution is -2.10. The number of nitrogens with one attached hydrogen (secondary N) is 2. The highest BCUT2D eigenvalue weighted by molar-refractivity contribution is 9.10. The van der Waals surface area contributed by atoms with Crippen molar-refractivity contribution in [2.24, 2.45) is 0 Å². The molecule has 3 N–H and O–H groups in total. The Hall–Kier alpha value is -2.51. The van der Waals surface area contributed by atoms with E-state index in [1.54, 1.807) is 6.20 Å². The third-order valence-corrected chi connectivity index (χ3v) is 4.46. The predicted molar refractivity (Wildman–Crippen MR) is 107 cm³/mol. The maximum atomic E-state index is 8.96. The molecule has 7 heteroatoms. The normalized spacial score (nSPS) is 10.5. The largest absolute Gasteiger partial charge is 0.396 e. The van der Waals surface area contributed by atoms with Crippen LogP contribution in [0.5, 0.6) is 0 Å². The van der Waals surface area contributed by atoms with Gasteiger partial charge >= 0.3 is 0 Å². The monoisotopic (exact) mass is 413 g/mol. The van der Waals surface area contributed by atoms with Gasteiger partial charge in [-0.1, -0.05) is 40.2 Å². The number of hydrogen-bond donors (Lipinski definition) is 3. The summed E-state index contributed by atoms with van der Waals surface area (Å²) in [5.74, 6) is 1.22. The molecular weight excluding hydrogens is 394 g/mol. The van der Waals surface area contributed by atoms with Crippen molar-refractivity contribution in [1.29, 1.82) is 0 Å². The number of aliphatic hydroxyl groups is 1. The Labute approximate surface area is 160 Å². The van der Waals surface area contributed by atoms with Crippen LogP contribution in [0.3, 0.4) is 0 Å². The van der Waals surface area contributed by atoms with E-state index >= 15 is 0 Å². The molecule has 2 heterocycles. The van der Waals surface area contributed by atoms with Gasteiger partial charge in [0.25, 0.3) is 0 Å². The van der Waals surface area contributed by atoms with E-state index < -0.39 is 0 Å². The Balaban J connectivity index is 1.83. The summed E-state index contributed by atoms with van der Waals surface area (Å²) in [6.45, 7) is 1.36. The van der Waals surface area contributed by atoms with Crippen LogP contribution < -0.4 is 10.6 Å². The molecule has 3 aromatic rings. The summed E-state index contributed by atoms with van der Waals surface area (Å²) >= 11 is 3.56. The van der Waals surface area contributed by atoms with E-state index in [2.05, 4.69) is 47.6 Å². The zero-order valence-corrected chi connectivity index (χ0v) is 15.8. The zero-order valence-electron chi connectivity index (χ0n) is 14.2. The molecule has 0 saturated carbocycles. The van der Waals surface area contributed by atoms with Crippen molar-refractivity contribution in [2.75, 3.05) is 23.8 Å². The van der Waals surface area contributed by atoms with E-state index in [0.717, 1.165) is 21.4 Å². The molecule has 0 aliphatic heterocycles. The Morgan fingerprint density at radius 2 is 1.81 bits per heavy atom. The minimum Gasteiger partial charge on any atom is -0.396 e. The zero-order chi connectivity index (χ0) is 18.2. The van der Waals surface area contributed by atoms with Gasteiger partial charge in [0, 0.05) is 36.4 Å². The second-order valence-electron chi connectivity index (χ2n) is 5.63. The molecule has 0 amide bonds. The molecule has 2 aromatic heterocycles. The van der Waals surface area contributed by atoms with E-state index in [4.69, 9.17) is 5.11 Å². The van der Waals surface area contributed by atoms with Crippen molar-refractivity contribution in [3.63, 3.8) is 0 Å². The first kappa shape index (κ1) is 18.3. The van der Waals surface area contributed by atoms with Gasteiger partial charge in [0.15, 0.2) is 0 Å². The third-order valence-electron chi connectivity index (χ3n) is 3.69. The maximum absolute atomic E-state index is 8.96. The molecule has 0 aliphatic carbocycles. The summed E-state index contributed by atoms with van der Waals surface area (Å²) in [6.07, 6.45) is 2.38. The lowest BCUT2D eigenvalue weighted by molar-refractivity contribution is 0.292. The first-order valence-electron chi connectivity index (χ1n) is 8.39. The second-order valence-corrected chi connectivity index (χ2v) is 6.48. The van der Waals surface area contributed by atoms with E-state index in [0.29, 0.717) is 31.3 Å². The van der Waals surface area contributed by atoms with Crippen molar-refractivity contribution >= 4 is 27.7 Å². The van der Waals surface area contributed by atoms with Crippen molar-refractivity contribution in [3.8, 4) is 11.4 Å². The molecule has 0 atom stereocenters. The van der Waals surface area contributed by atoms with Crippen molar-refractivity contribution in [1.82, 2.24) is 15.0 Å². The lowest BCUT2D eigenvalue weighted by atomic mass is 10.2. The number of nitrogens with zero attached hydrogens (tertiary/aromatic N) is 3. The van der Waals surface area contributed by atoms with Gasteiger partial charge in [-0.3, -0.25) is 4.98 Å². The highest BCUT2D eigenvalue weighted by Crippen LogP contribution is 2.21. The highest BCUT2D eigenvalue weighted by Gasteiger charge is 2.08. The molecule has 0 unspecified atom stereocenters. The fourth-order valence-electron chi connectivity index (χ4n) is 2.37. The minimum absolute atomic E-state index is 0.125. The van der Waals surface area contributed by atoms with Gasteiger partial charge in [-0.05, 0) is 30.2 Å². The molecular formula is C19H20BrN5O. The Bertz CT molecular complexity index is 844. The summed E-state index contributed by atoms with van der Waals surface area (Å²) < 4.78 is 1.05. The van der Waals surface area contributed by atoms with Gasteiger partial charge in [0.05, 0.1) is 11.4 Å². The van der Waals surface area contributed by atoms with E-state index in [9.17, 15) is 0 Å². The molecule has 0 spiro atoms. The summed E-state index contributed by atoms with van der Waals surface area (Å²) in [5.41, 5.74) is 2.66. The number of pyridine rings is 1. The summed E-state index contributed by atoms with van der Waals surface area (Å²) in [6, 6.07) is 15.7. The number of anilines is 2. The van der Waals surface area contributed by atoms with Crippen LogP contribution in [0.1, 0.15) is 12.0 Å². The average molecular weight is 414 g/mol. The van der Waals surface area contributed by atoms with Crippen LogP contribution in [0, 0.1) is 0 Å². The maximum Gasteiger partial charge on any atom is 0.225 e. The third kappa shape index (κ3) is 5.00. The summed E-state index contributed by atoms with van der Waals surface area (Å²) in [5, 5.41) is 15.5. The quantitative estimate of drug-likeness (QED) is 0.488. The van der Waals surface area contributed by atoms with Gasteiger partial charge in [-0.2, -0.15) is 4.98 Å². The smallest absolute Gasteiger partial charge is 0.225 e. The second kappa shape index (κ2) is 9.26. The molecule has 3 rings (SSSR count). The van der Waals surface area contributed by atoms with E-state index in [1.165, 1.54) is 0 Å². The highest BCUT2D eigenvalue weighted by atomic mass is 79.9. The van der Waals surface area contributed by atoms with E-state index in [1.807, 2.05) is 42.5 Å². The van der Waals surface area contributed by atoms with Crippen LogP contribution in [0.15, 0.2) is 59.2 Å². The van der Waals surface area contributed by atoms with Gasteiger partial charge in [0.1, 0.15) is 5.82 Å². The lowest BCUT2D eigenvalue weighted by Gasteiger charge is -2.11. The average Bonchev–Trinajstić information content (AvgIpc) is 2.68. The van der Waals surface area contributed by atoms with E-state index in [-0.39, 0.29) is 6.61 Å². The van der Waals surface area contributed by atoms with Crippen molar-refractivity contribution < 1.29 is 5.11 Å². The molecule has 0 bridgehead atoms. The van der Waals surface area contributed by atoms with Crippen LogP contribution in [-0.4, -0.2) is 33.2 Å². The standard InChI is InChI=1S/C19H20BrN5O/c20-15-7-2-1-6-14(15)13-23-18-12-17(16-8-3-4-9-21-16)24-19(25-18)22-10-5-11-26/h1-4,6-9,12,26H,5,10-11,13H2,(H2,22,23,24,25). The molecule has 134 valence electrons. The topological polar surface area (TPSA) is 83.0 Å². The fourth-order valence-corrected chi connectivity index (χ4v) is 2.79. The number of benzene rings is 1. The van der Waals surface area contributed by atoms with Gasteiger partial charge in [0.2, 0.25) is 5.95 Å². The van der Waals surface area contributed by atoms with Crippen LogP contribution in [0.2, 0.25) is 0 Å². The number of halogens is 1. The predicted octanol–water partition coefficient (Wildman–Crippen LogP) is 3.71. The summed E-state index contributed by atoms with van der Waals surface area (Å²) in [4.78, 5) is 13.4. The number of hydrogen-bond acceptors (Lipinski definition) is 6. The van der Waals surface area contributed by atoms with Crippen LogP contribution in [0.4, 0.5) is 11.8 Å². The van der Waals surface area contributed by atoms with Crippen molar-refractivity contribution in [3.05, 3.63) is 64.8 Å². The molecule has 1 aromatic carbocycles. The molecule has 6 nitrogen and oxygen atoms in total. The molecule has 0 fully saturated rings. The Morgan fingerprint density at radius 3 is 2.58 bits per heavy atom. The Kier molecular flexibility index (Phi) is 6.51. The minimum atomic E-state index is 0.125. The number of rotatable bonds is 8. The summed E-state index contributed by atoms with van der Waals surface area (Å²) in [7, 11) is 0. The molecule has 0 saturated heterocycles. The molecule has 0 radical (unpaired) electrons. The van der Waals surface area contributed by atoms with Crippen molar-refractivity contribution in [2.45, 2.75) is 13.0 Å². The SMILES string of the molecule is OCCCNc1nc(NCc2ccccc2Br)cc(-c2ccccn2)n1. The van der Waals surface area contributed by atoms with Crippen LogP contribution >= 0.6 is 15.9 Å². The fraction of sp³-hybridized carbons (Fsp3) is 0.211. The van der Waals surface area contributed by atoms with Gasteiger partial charge in [-0.25, -0.2) is 4.98 Å². The van der Waals surface area contributed by atoms with Gasteiger partial charge in [-0.15, -0.1) is 0 Å².